The van der Waals surface area contributed by atoms with Gasteiger partial charge in [0.25, 0.3) is 5.91 Å². The summed E-state index contributed by atoms with van der Waals surface area (Å²) >= 11 is 7.33. The van der Waals surface area contributed by atoms with E-state index in [4.69, 9.17) is 25.8 Å². The molecule has 28 heavy (non-hydrogen) atoms. The van der Waals surface area contributed by atoms with E-state index in [0.717, 1.165) is 0 Å². The molecule has 1 aliphatic rings. The first-order valence-electron chi connectivity index (χ1n) is 9.04. The number of Topliss-reactive ketones (excluding diaryl/α,β-unsaturated/α-hetero) is 1. The normalized spacial score (nSPS) is 16.7. The van der Waals surface area contributed by atoms with E-state index >= 15 is 0 Å². The standard InChI is InChI=1S/C20H22ClNO5S/c1-3-25-18-6-9-28-19(18)20(24)22-7-8-26-15(11-22)12-27-17-5-4-14(21)10-16(17)13(2)23/h4-6,9-10,15H,3,7-8,11-12H2,1-2H3. The van der Waals surface area contributed by atoms with Gasteiger partial charge in [0.2, 0.25) is 0 Å². The first-order valence-corrected chi connectivity index (χ1v) is 10.3. The summed E-state index contributed by atoms with van der Waals surface area (Å²) in [7, 11) is 0. The fourth-order valence-electron chi connectivity index (χ4n) is 2.96. The maximum absolute atomic E-state index is 12.9. The lowest BCUT2D eigenvalue weighted by Crippen LogP contribution is -2.47. The van der Waals surface area contributed by atoms with Crippen LogP contribution in [0.5, 0.6) is 11.5 Å². The summed E-state index contributed by atoms with van der Waals surface area (Å²) in [6.07, 6.45) is -0.288. The Labute approximate surface area is 172 Å². The molecule has 0 bridgehead atoms. The average molecular weight is 424 g/mol. The monoisotopic (exact) mass is 423 g/mol. The first-order chi connectivity index (χ1) is 13.5. The van der Waals surface area contributed by atoms with E-state index in [1.54, 1.807) is 23.1 Å². The Morgan fingerprint density at radius 2 is 2.11 bits per heavy atom. The average Bonchev–Trinajstić information content (AvgIpc) is 3.15. The fourth-order valence-corrected chi connectivity index (χ4v) is 3.93. The SMILES string of the molecule is CCOc1ccsc1C(=O)N1CCOC(COc2ccc(Cl)cc2C(C)=O)C1. The second-order valence-electron chi connectivity index (χ2n) is 6.30. The molecular formula is C20H22ClNO5S. The molecule has 2 aromatic rings. The van der Waals surface area contributed by atoms with E-state index in [2.05, 4.69) is 0 Å². The van der Waals surface area contributed by atoms with Gasteiger partial charge in [-0.05, 0) is 43.5 Å². The van der Waals surface area contributed by atoms with Crippen molar-refractivity contribution in [2.75, 3.05) is 32.9 Å². The van der Waals surface area contributed by atoms with E-state index in [1.165, 1.54) is 18.3 Å². The zero-order valence-corrected chi connectivity index (χ0v) is 17.3. The Balaban J connectivity index is 1.63. The number of morpholine rings is 1. The van der Waals surface area contributed by atoms with E-state index in [9.17, 15) is 9.59 Å². The molecule has 1 atom stereocenters. The van der Waals surface area contributed by atoms with Gasteiger partial charge >= 0.3 is 0 Å². The molecule has 1 aromatic carbocycles. The van der Waals surface area contributed by atoms with Crippen LogP contribution in [0.2, 0.25) is 5.02 Å². The predicted octanol–water partition coefficient (Wildman–Crippen LogP) is 3.92. The lowest BCUT2D eigenvalue weighted by atomic mass is 10.1. The number of carbonyl (C=O) groups excluding carboxylic acids is 2. The number of nitrogens with zero attached hydrogens (tertiary/aromatic N) is 1. The lowest BCUT2D eigenvalue weighted by Gasteiger charge is -2.32. The summed E-state index contributed by atoms with van der Waals surface area (Å²) < 4.78 is 17.1. The molecule has 1 aliphatic heterocycles. The van der Waals surface area contributed by atoms with Crippen LogP contribution in [0.4, 0.5) is 0 Å². The minimum absolute atomic E-state index is 0.0670. The number of carbonyl (C=O) groups is 2. The molecule has 0 spiro atoms. The van der Waals surface area contributed by atoms with Crippen molar-refractivity contribution < 1.29 is 23.8 Å². The number of thiophene rings is 1. The van der Waals surface area contributed by atoms with Gasteiger partial charge in [-0.2, -0.15) is 0 Å². The molecule has 0 N–H and O–H groups in total. The number of hydrogen-bond donors (Lipinski definition) is 0. The predicted molar refractivity (Wildman–Crippen MR) is 108 cm³/mol. The van der Waals surface area contributed by atoms with Crippen molar-refractivity contribution in [3.63, 3.8) is 0 Å². The molecule has 150 valence electrons. The highest BCUT2D eigenvalue weighted by molar-refractivity contribution is 7.12. The highest BCUT2D eigenvalue weighted by atomic mass is 35.5. The summed E-state index contributed by atoms with van der Waals surface area (Å²) in [4.78, 5) is 27.0. The van der Waals surface area contributed by atoms with Crippen LogP contribution < -0.4 is 9.47 Å². The number of hydrogen-bond acceptors (Lipinski definition) is 6. The van der Waals surface area contributed by atoms with Crippen LogP contribution in [0.1, 0.15) is 33.9 Å². The maximum Gasteiger partial charge on any atom is 0.267 e. The number of rotatable bonds is 7. The number of benzene rings is 1. The third kappa shape index (κ3) is 4.84. The van der Waals surface area contributed by atoms with Crippen LogP contribution in [0.3, 0.4) is 0 Å². The van der Waals surface area contributed by atoms with Crippen molar-refractivity contribution in [2.24, 2.45) is 0 Å². The summed E-state index contributed by atoms with van der Waals surface area (Å²) in [5.74, 6) is 0.882. The Bertz CT molecular complexity index is 853. The highest BCUT2D eigenvalue weighted by Gasteiger charge is 2.28. The van der Waals surface area contributed by atoms with Crippen molar-refractivity contribution >= 4 is 34.6 Å². The van der Waals surface area contributed by atoms with Crippen LogP contribution in [0.25, 0.3) is 0 Å². The van der Waals surface area contributed by atoms with Crippen molar-refractivity contribution in [3.8, 4) is 11.5 Å². The molecule has 3 rings (SSSR count). The first kappa shape index (κ1) is 20.6. The fraction of sp³-hybridized carbons (Fsp3) is 0.400. The summed E-state index contributed by atoms with van der Waals surface area (Å²) in [5, 5.41) is 2.33. The Hall–Kier alpha value is -2.09. The number of halogens is 1. The van der Waals surface area contributed by atoms with Gasteiger partial charge in [-0.1, -0.05) is 11.6 Å². The van der Waals surface area contributed by atoms with E-state index < -0.39 is 0 Å². The number of ketones is 1. The second-order valence-corrected chi connectivity index (χ2v) is 7.65. The van der Waals surface area contributed by atoms with Crippen molar-refractivity contribution in [3.05, 3.63) is 45.1 Å². The zero-order chi connectivity index (χ0) is 20.1. The Morgan fingerprint density at radius 3 is 2.86 bits per heavy atom. The van der Waals surface area contributed by atoms with Crippen LogP contribution in [-0.2, 0) is 4.74 Å². The summed E-state index contributed by atoms with van der Waals surface area (Å²) in [5.41, 5.74) is 0.427. The molecule has 1 saturated heterocycles. The molecule has 8 heteroatoms. The van der Waals surface area contributed by atoms with Crippen LogP contribution >= 0.6 is 22.9 Å². The molecule has 2 heterocycles. The van der Waals surface area contributed by atoms with Gasteiger partial charge in [0.05, 0.1) is 25.3 Å². The van der Waals surface area contributed by atoms with Crippen LogP contribution in [-0.4, -0.2) is 55.6 Å². The van der Waals surface area contributed by atoms with Crippen molar-refractivity contribution in [2.45, 2.75) is 20.0 Å². The van der Waals surface area contributed by atoms with Gasteiger partial charge < -0.3 is 19.1 Å². The zero-order valence-electron chi connectivity index (χ0n) is 15.8. The van der Waals surface area contributed by atoms with E-state index in [-0.39, 0.29) is 24.4 Å². The van der Waals surface area contributed by atoms with Crippen molar-refractivity contribution in [1.29, 1.82) is 0 Å². The molecule has 0 aliphatic carbocycles. The minimum atomic E-state index is -0.288. The minimum Gasteiger partial charge on any atom is -0.492 e. The largest absolute Gasteiger partial charge is 0.492 e. The number of amides is 1. The van der Waals surface area contributed by atoms with Crippen LogP contribution in [0.15, 0.2) is 29.6 Å². The van der Waals surface area contributed by atoms with Gasteiger partial charge in [0.1, 0.15) is 29.1 Å². The molecule has 0 saturated carbocycles. The third-order valence-corrected chi connectivity index (χ3v) is 5.41. The van der Waals surface area contributed by atoms with Gasteiger partial charge in [-0.25, -0.2) is 0 Å². The van der Waals surface area contributed by atoms with Crippen molar-refractivity contribution in [1.82, 2.24) is 4.90 Å². The molecule has 0 radical (unpaired) electrons. The van der Waals surface area contributed by atoms with E-state index in [0.29, 0.717) is 53.3 Å². The summed E-state index contributed by atoms with van der Waals surface area (Å²) in [6, 6.07) is 6.74. The molecular weight excluding hydrogens is 402 g/mol. The van der Waals surface area contributed by atoms with Crippen LogP contribution in [0, 0.1) is 0 Å². The Kier molecular flexibility index (Phi) is 6.93. The van der Waals surface area contributed by atoms with E-state index in [1.807, 2.05) is 18.4 Å². The summed E-state index contributed by atoms with van der Waals surface area (Å²) in [6.45, 7) is 5.44. The lowest BCUT2D eigenvalue weighted by molar-refractivity contribution is -0.0401. The molecule has 1 unspecified atom stereocenters. The van der Waals surface area contributed by atoms with Gasteiger partial charge in [0, 0.05) is 11.6 Å². The second kappa shape index (κ2) is 9.41. The molecule has 1 amide bonds. The highest BCUT2D eigenvalue weighted by Crippen LogP contribution is 2.28. The quantitative estimate of drug-likeness (QED) is 0.631. The van der Waals surface area contributed by atoms with Gasteiger partial charge in [-0.3, -0.25) is 9.59 Å². The third-order valence-electron chi connectivity index (χ3n) is 4.29. The Morgan fingerprint density at radius 1 is 1.29 bits per heavy atom. The maximum atomic E-state index is 12.9. The van der Waals surface area contributed by atoms with Gasteiger partial charge in [-0.15, -0.1) is 11.3 Å². The molecule has 1 aromatic heterocycles. The van der Waals surface area contributed by atoms with Gasteiger partial charge in [0.15, 0.2) is 5.78 Å². The molecule has 1 fully saturated rings. The smallest absolute Gasteiger partial charge is 0.267 e. The molecule has 6 nitrogen and oxygen atoms in total. The topological polar surface area (TPSA) is 65.1 Å². The number of ether oxygens (including phenoxy) is 3.